The van der Waals surface area contributed by atoms with E-state index < -0.39 is 0 Å². The molecule has 0 fully saturated rings. The maximum absolute atomic E-state index is 6.15. The largest absolute Gasteiger partial charge is 0.325 e. The van der Waals surface area contributed by atoms with Crippen molar-refractivity contribution in [1.29, 1.82) is 0 Å². The topological polar surface area (TPSA) is 26.0 Å². The van der Waals surface area contributed by atoms with E-state index in [4.69, 9.17) is 5.73 Å². The van der Waals surface area contributed by atoms with Gasteiger partial charge in [0.25, 0.3) is 0 Å². The van der Waals surface area contributed by atoms with Crippen LogP contribution in [0.2, 0.25) is 0 Å². The normalized spacial score (nSPS) is 18.2. The quantitative estimate of drug-likeness (QED) is 0.642. The van der Waals surface area contributed by atoms with Crippen LogP contribution in [0, 0.1) is 5.92 Å². The second-order valence-electron chi connectivity index (χ2n) is 4.81. The first kappa shape index (κ1) is 13.0. The summed E-state index contributed by atoms with van der Waals surface area (Å²) < 4.78 is 0. The van der Waals surface area contributed by atoms with Crippen LogP contribution in [0.3, 0.4) is 0 Å². The zero-order valence-electron chi connectivity index (χ0n) is 9.90. The molecule has 0 aromatic carbocycles. The van der Waals surface area contributed by atoms with Gasteiger partial charge in [0.05, 0.1) is 0 Å². The summed E-state index contributed by atoms with van der Waals surface area (Å²) in [7, 11) is 0. The molecule has 1 nitrogen and oxygen atoms in total. The molecule has 0 heterocycles. The van der Waals surface area contributed by atoms with E-state index in [1.54, 1.807) is 0 Å². The van der Waals surface area contributed by atoms with Crippen molar-refractivity contribution in [3.05, 3.63) is 0 Å². The highest BCUT2D eigenvalue weighted by atomic mass is 14.7. The minimum Gasteiger partial charge on any atom is -0.325 e. The van der Waals surface area contributed by atoms with E-state index in [-0.39, 0.29) is 5.54 Å². The van der Waals surface area contributed by atoms with Crippen LogP contribution in [0.1, 0.15) is 66.2 Å². The van der Waals surface area contributed by atoms with Crippen molar-refractivity contribution in [2.24, 2.45) is 11.7 Å². The standard InChI is InChI=1S/C12H27N/c1-5-9-12(4,13)10-7-8-11(3)6-2/h11H,5-10,13H2,1-4H3. The smallest absolute Gasteiger partial charge is 0.0125 e. The number of hydrogen-bond acceptors (Lipinski definition) is 1. The molecule has 2 N–H and O–H groups in total. The summed E-state index contributed by atoms with van der Waals surface area (Å²) in [6.07, 6.45) is 7.49. The molecule has 1 heteroatoms. The molecular weight excluding hydrogens is 158 g/mol. The van der Waals surface area contributed by atoms with E-state index in [1.807, 2.05) is 0 Å². The molecule has 0 spiro atoms. The first-order chi connectivity index (χ1) is 6.02. The lowest BCUT2D eigenvalue weighted by Gasteiger charge is -2.24. The van der Waals surface area contributed by atoms with Crippen LogP contribution in [-0.2, 0) is 0 Å². The average molecular weight is 185 g/mol. The van der Waals surface area contributed by atoms with Crippen LogP contribution in [-0.4, -0.2) is 5.54 Å². The van der Waals surface area contributed by atoms with Gasteiger partial charge in [0, 0.05) is 5.54 Å². The predicted octanol–water partition coefficient (Wildman–Crippen LogP) is 3.72. The van der Waals surface area contributed by atoms with Gasteiger partial charge in [-0.1, -0.05) is 46.5 Å². The Morgan fingerprint density at radius 3 is 2.31 bits per heavy atom. The number of rotatable bonds is 7. The zero-order valence-corrected chi connectivity index (χ0v) is 9.90. The highest BCUT2D eigenvalue weighted by Crippen LogP contribution is 2.19. The molecule has 0 aliphatic carbocycles. The molecule has 0 saturated carbocycles. The molecule has 0 aromatic heterocycles. The summed E-state index contributed by atoms with van der Waals surface area (Å²) in [6.45, 7) is 8.99. The van der Waals surface area contributed by atoms with E-state index in [0.717, 1.165) is 12.3 Å². The molecular formula is C12H27N. The SMILES string of the molecule is CCCC(C)(N)CCCC(C)CC. The molecule has 80 valence electrons. The van der Waals surface area contributed by atoms with Crippen LogP contribution >= 0.6 is 0 Å². The summed E-state index contributed by atoms with van der Waals surface area (Å²) in [5.74, 6) is 0.873. The first-order valence-electron chi connectivity index (χ1n) is 5.80. The minimum absolute atomic E-state index is 0.0855. The predicted molar refractivity (Wildman–Crippen MR) is 60.8 cm³/mol. The Morgan fingerprint density at radius 2 is 1.85 bits per heavy atom. The van der Waals surface area contributed by atoms with Crippen LogP contribution in [0.25, 0.3) is 0 Å². The summed E-state index contributed by atoms with van der Waals surface area (Å²) in [6, 6.07) is 0. The second-order valence-corrected chi connectivity index (χ2v) is 4.81. The number of nitrogens with two attached hydrogens (primary N) is 1. The monoisotopic (exact) mass is 185 g/mol. The Morgan fingerprint density at radius 1 is 1.23 bits per heavy atom. The van der Waals surface area contributed by atoms with E-state index in [2.05, 4.69) is 27.7 Å². The molecule has 0 rings (SSSR count). The lowest BCUT2D eigenvalue weighted by molar-refractivity contribution is 0.360. The van der Waals surface area contributed by atoms with Gasteiger partial charge in [-0.05, 0) is 25.7 Å². The van der Waals surface area contributed by atoms with Crippen molar-refractivity contribution in [1.82, 2.24) is 0 Å². The van der Waals surface area contributed by atoms with Crippen molar-refractivity contribution in [2.75, 3.05) is 0 Å². The first-order valence-corrected chi connectivity index (χ1v) is 5.80. The average Bonchev–Trinajstić information content (AvgIpc) is 2.03. The Bertz CT molecular complexity index is 118. The van der Waals surface area contributed by atoms with Gasteiger partial charge in [0.15, 0.2) is 0 Å². The Hall–Kier alpha value is -0.0400. The van der Waals surface area contributed by atoms with Crippen LogP contribution < -0.4 is 5.73 Å². The third kappa shape index (κ3) is 7.06. The molecule has 2 atom stereocenters. The Labute approximate surface area is 84.1 Å². The molecule has 0 radical (unpaired) electrons. The Balaban J connectivity index is 3.50. The molecule has 0 bridgehead atoms. The second kappa shape index (κ2) is 6.42. The molecule has 0 aromatic rings. The summed E-state index contributed by atoms with van der Waals surface area (Å²) >= 11 is 0. The van der Waals surface area contributed by atoms with Crippen molar-refractivity contribution in [2.45, 2.75) is 71.8 Å². The molecule has 0 saturated heterocycles. The molecule has 0 amide bonds. The summed E-state index contributed by atoms with van der Waals surface area (Å²) in [5, 5.41) is 0. The van der Waals surface area contributed by atoms with Gasteiger partial charge in [-0.2, -0.15) is 0 Å². The van der Waals surface area contributed by atoms with Gasteiger partial charge in [-0.25, -0.2) is 0 Å². The Kier molecular flexibility index (Phi) is 6.40. The van der Waals surface area contributed by atoms with Crippen molar-refractivity contribution >= 4 is 0 Å². The third-order valence-corrected chi connectivity index (χ3v) is 2.96. The summed E-state index contributed by atoms with van der Waals surface area (Å²) in [4.78, 5) is 0. The fourth-order valence-electron chi connectivity index (χ4n) is 1.75. The highest BCUT2D eigenvalue weighted by molar-refractivity contribution is 4.77. The van der Waals surface area contributed by atoms with E-state index >= 15 is 0 Å². The highest BCUT2D eigenvalue weighted by Gasteiger charge is 2.16. The lowest BCUT2D eigenvalue weighted by atomic mass is 9.89. The van der Waals surface area contributed by atoms with E-state index in [0.29, 0.717) is 0 Å². The van der Waals surface area contributed by atoms with E-state index in [9.17, 15) is 0 Å². The molecule has 0 aliphatic heterocycles. The van der Waals surface area contributed by atoms with E-state index in [1.165, 1.54) is 32.1 Å². The third-order valence-electron chi connectivity index (χ3n) is 2.96. The maximum Gasteiger partial charge on any atom is 0.0125 e. The van der Waals surface area contributed by atoms with Gasteiger partial charge in [-0.15, -0.1) is 0 Å². The van der Waals surface area contributed by atoms with Gasteiger partial charge >= 0.3 is 0 Å². The lowest BCUT2D eigenvalue weighted by Crippen LogP contribution is -2.35. The fraction of sp³-hybridized carbons (Fsp3) is 1.00. The van der Waals surface area contributed by atoms with Crippen molar-refractivity contribution < 1.29 is 0 Å². The molecule has 0 aliphatic rings. The fourth-order valence-corrected chi connectivity index (χ4v) is 1.75. The van der Waals surface area contributed by atoms with Gasteiger partial charge < -0.3 is 5.73 Å². The molecule has 2 unspecified atom stereocenters. The van der Waals surface area contributed by atoms with Crippen LogP contribution in [0.5, 0.6) is 0 Å². The minimum atomic E-state index is 0.0855. The molecule has 13 heavy (non-hydrogen) atoms. The van der Waals surface area contributed by atoms with Crippen molar-refractivity contribution in [3.8, 4) is 0 Å². The summed E-state index contributed by atoms with van der Waals surface area (Å²) in [5.41, 5.74) is 6.24. The van der Waals surface area contributed by atoms with Gasteiger partial charge in [-0.3, -0.25) is 0 Å². The van der Waals surface area contributed by atoms with Crippen LogP contribution in [0.15, 0.2) is 0 Å². The van der Waals surface area contributed by atoms with Crippen molar-refractivity contribution in [3.63, 3.8) is 0 Å². The maximum atomic E-state index is 6.15. The van der Waals surface area contributed by atoms with Gasteiger partial charge in [0.1, 0.15) is 0 Å². The van der Waals surface area contributed by atoms with Crippen LogP contribution in [0.4, 0.5) is 0 Å². The number of hydrogen-bond donors (Lipinski definition) is 1. The van der Waals surface area contributed by atoms with Gasteiger partial charge in [0.2, 0.25) is 0 Å². The zero-order chi connectivity index (χ0) is 10.3.